The van der Waals surface area contributed by atoms with Crippen molar-refractivity contribution in [2.75, 3.05) is 6.61 Å². The van der Waals surface area contributed by atoms with Gasteiger partial charge in [-0.3, -0.25) is 0 Å². The van der Waals surface area contributed by atoms with Gasteiger partial charge in [0.25, 0.3) is 0 Å². The lowest BCUT2D eigenvalue weighted by molar-refractivity contribution is -0.00827. The van der Waals surface area contributed by atoms with E-state index in [2.05, 4.69) is 69.3 Å². The molecule has 180 valence electrons. The highest BCUT2D eigenvalue weighted by atomic mass is 16.5. The molecule has 4 rings (SSSR count). The largest absolute Gasteiger partial charge is 0.494 e. The second kappa shape index (κ2) is 10.8. The maximum Gasteiger partial charge on any atom is 0.119 e. The van der Waals surface area contributed by atoms with E-state index in [0.29, 0.717) is 0 Å². The lowest BCUT2D eigenvalue weighted by atomic mass is 9.67. The fourth-order valence-corrected chi connectivity index (χ4v) is 5.50. The normalized spacial score (nSPS) is 19.1. The average Bonchev–Trinajstić information content (AvgIpc) is 2.87. The van der Waals surface area contributed by atoms with Gasteiger partial charge in [-0.15, -0.1) is 0 Å². The van der Waals surface area contributed by atoms with Crippen molar-refractivity contribution in [1.29, 1.82) is 0 Å². The van der Waals surface area contributed by atoms with Crippen molar-refractivity contribution in [3.05, 3.63) is 102 Å². The summed E-state index contributed by atoms with van der Waals surface area (Å²) in [5.74, 6) is 1.93. The van der Waals surface area contributed by atoms with Gasteiger partial charge in [0, 0.05) is 0 Å². The van der Waals surface area contributed by atoms with Crippen molar-refractivity contribution in [3.63, 3.8) is 0 Å². The lowest BCUT2D eigenvalue weighted by Gasteiger charge is -2.41. The van der Waals surface area contributed by atoms with Crippen LogP contribution in [0, 0.1) is 11.8 Å². The molecule has 2 nitrogen and oxygen atoms in total. The van der Waals surface area contributed by atoms with Crippen molar-refractivity contribution in [3.8, 4) is 5.75 Å². The van der Waals surface area contributed by atoms with E-state index >= 15 is 0 Å². The molecule has 0 amide bonds. The number of ether oxygens (including phenoxy) is 1. The Bertz CT molecular complexity index is 955. The third-order valence-electron chi connectivity index (χ3n) is 7.61. The lowest BCUT2D eigenvalue weighted by Crippen LogP contribution is -2.38. The molecule has 1 aliphatic rings. The van der Waals surface area contributed by atoms with Gasteiger partial charge in [-0.25, -0.2) is 0 Å². The number of rotatable bonds is 8. The summed E-state index contributed by atoms with van der Waals surface area (Å²) in [7, 11) is 0. The number of hydrogen-bond donors (Lipinski definition) is 1. The summed E-state index contributed by atoms with van der Waals surface area (Å²) >= 11 is 0. The number of hydrogen-bond acceptors (Lipinski definition) is 2. The second-order valence-electron chi connectivity index (χ2n) is 11.0. The van der Waals surface area contributed by atoms with Gasteiger partial charge in [-0.05, 0) is 71.8 Å². The Balaban J connectivity index is 1.29. The quantitative estimate of drug-likeness (QED) is 0.349. The third kappa shape index (κ3) is 5.73. The van der Waals surface area contributed by atoms with E-state index in [0.717, 1.165) is 48.7 Å². The molecule has 0 spiro atoms. The molecule has 0 aromatic heterocycles. The van der Waals surface area contributed by atoms with E-state index in [1.54, 1.807) is 0 Å². The average molecular weight is 457 g/mol. The Morgan fingerprint density at radius 1 is 0.706 bits per heavy atom. The van der Waals surface area contributed by atoms with Crippen LogP contribution in [0.25, 0.3) is 0 Å². The van der Waals surface area contributed by atoms with E-state index in [1.165, 1.54) is 24.8 Å². The first-order valence-corrected chi connectivity index (χ1v) is 12.9. The fourth-order valence-electron chi connectivity index (χ4n) is 5.50. The van der Waals surface area contributed by atoms with Crippen molar-refractivity contribution in [1.82, 2.24) is 0 Å². The van der Waals surface area contributed by atoms with Gasteiger partial charge < -0.3 is 9.84 Å². The molecule has 0 aliphatic heterocycles. The highest BCUT2D eigenvalue weighted by Crippen LogP contribution is 2.45. The third-order valence-corrected chi connectivity index (χ3v) is 7.61. The summed E-state index contributed by atoms with van der Waals surface area (Å²) in [5.41, 5.74) is 2.61. The monoisotopic (exact) mass is 456 g/mol. The molecule has 3 aromatic carbocycles. The van der Waals surface area contributed by atoms with Crippen LogP contribution in [0.5, 0.6) is 5.75 Å². The van der Waals surface area contributed by atoms with Crippen molar-refractivity contribution in [2.45, 2.75) is 70.3 Å². The minimum Gasteiger partial charge on any atom is -0.494 e. The minimum atomic E-state index is -0.921. The SMILES string of the molecule is CC(C)(C)c1ccc(OCCCC2CCC(C(O)(c3ccccc3)c3ccccc3)CC2)cc1. The first-order valence-electron chi connectivity index (χ1n) is 12.9. The van der Waals surface area contributed by atoms with Crippen LogP contribution >= 0.6 is 0 Å². The van der Waals surface area contributed by atoms with Gasteiger partial charge in [0.2, 0.25) is 0 Å². The molecule has 1 N–H and O–H groups in total. The zero-order valence-electron chi connectivity index (χ0n) is 21.0. The first-order chi connectivity index (χ1) is 16.4. The Labute approximate surface area is 206 Å². The first kappa shape index (κ1) is 24.5. The topological polar surface area (TPSA) is 29.5 Å². The Morgan fingerprint density at radius 2 is 1.24 bits per heavy atom. The van der Waals surface area contributed by atoms with E-state index in [4.69, 9.17) is 4.74 Å². The molecule has 1 aliphatic carbocycles. The van der Waals surface area contributed by atoms with Gasteiger partial charge in [-0.1, -0.05) is 106 Å². The van der Waals surface area contributed by atoms with Gasteiger partial charge >= 0.3 is 0 Å². The second-order valence-corrected chi connectivity index (χ2v) is 11.0. The van der Waals surface area contributed by atoms with E-state index in [-0.39, 0.29) is 11.3 Å². The van der Waals surface area contributed by atoms with Crippen LogP contribution in [-0.4, -0.2) is 11.7 Å². The van der Waals surface area contributed by atoms with Crippen LogP contribution in [0.1, 0.15) is 76.0 Å². The minimum absolute atomic E-state index is 0.171. The predicted molar refractivity (Wildman–Crippen MR) is 141 cm³/mol. The summed E-state index contributed by atoms with van der Waals surface area (Å²) in [5, 5.41) is 12.1. The van der Waals surface area contributed by atoms with Gasteiger partial charge in [0.15, 0.2) is 0 Å². The molecule has 0 heterocycles. The maximum absolute atomic E-state index is 12.1. The van der Waals surface area contributed by atoms with E-state index in [9.17, 15) is 5.11 Å². The molecule has 0 saturated heterocycles. The summed E-state index contributed by atoms with van der Waals surface area (Å²) in [6.45, 7) is 7.47. The Kier molecular flexibility index (Phi) is 7.78. The molecule has 0 bridgehead atoms. The van der Waals surface area contributed by atoms with Gasteiger partial charge in [-0.2, -0.15) is 0 Å². The van der Waals surface area contributed by atoms with Crippen LogP contribution < -0.4 is 4.74 Å². The van der Waals surface area contributed by atoms with Crippen LogP contribution in [-0.2, 0) is 11.0 Å². The molecule has 1 fully saturated rings. The van der Waals surface area contributed by atoms with Crippen LogP contribution in [0.15, 0.2) is 84.9 Å². The molecule has 3 aromatic rings. The number of aliphatic hydroxyl groups is 1. The zero-order chi connectivity index (χ0) is 24.0. The summed E-state index contributed by atoms with van der Waals surface area (Å²) < 4.78 is 6.02. The molecule has 0 unspecified atom stereocenters. The summed E-state index contributed by atoms with van der Waals surface area (Å²) in [6.07, 6.45) is 6.74. The van der Waals surface area contributed by atoms with Crippen molar-refractivity contribution in [2.24, 2.45) is 11.8 Å². The van der Waals surface area contributed by atoms with Crippen LogP contribution in [0.3, 0.4) is 0 Å². The van der Waals surface area contributed by atoms with Gasteiger partial charge in [0.05, 0.1) is 6.61 Å². The van der Waals surface area contributed by atoms with Crippen molar-refractivity contribution >= 4 is 0 Å². The van der Waals surface area contributed by atoms with Crippen LogP contribution in [0.2, 0.25) is 0 Å². The zero-order valence-corrected chi connectivity index (χ0v) is 21.0. The Morgan fingerprint density at radius 3 is 1.74 bits per heavy atom. The standard InChI is InChI=1S/C32H40O2/c1-31(2,3)26-20-22-30(23-21-26)34-24-10-11-25-16-18-29(19-17-25)32(33,27-12-6-4-7-13-27)28-14-8-5-9-15-28/h4-9,12-15,20-23,25,29,33H,10-11,16-19,24H2,1-3H3. The van der Waals surface area contributed by atoms with Gasteiger partial charge in [0.1, 0.15) is 11.4 Å². The predicted octanol–water partition coefficient (Wildman–Crippen LogP) is 7.89. The molecular formula is C32H40O2. The molecule has 34 heavy (non-hydrogen) atoms. The highest BCUT2D eigenvalue weighted by molar-refractivity contribution is 5.37. The molecule has 2 heteroatoms. The molecule has 0 atom stereocenters. The molecule has 1 saturated carbocycles. The molecule has 0 radical (unpaired) electrons. The molecular weight excluding hydrogens is 416 g/mol. The van der Waals surface area contributed by atoms with E-state index in [1.807, 2.05) is 36.4 Å². The van der Waals surface area contributed by atoms with Crippen molar-refractivity contribution < 1.29 is 9.84 Å². The smallest absolute Gasteiger partial charge is 0.119 e. The van der Waals surface area contributed by atoms with E-state index < -0.39 is 5.60 Å². The summed E-state index contributed by atoms with van der Waals surface area (Å²) in [4.78, 5) is 0. The maximum atomic E-state index is 12.1. The summed E-state index contributed by atoms with van der Waals surface area (Å²) in [6, 6.07) is 29.0. The fraction of sp³-hybridized carbons (Fsp3) is 0.438. The number of benzene rings is 3. The Hall–Kier alpha value is -2.58. The highest BCUT2D eigenvalue weighted by Gasteiger charge is 2.41. The van der Waals surface area contributed by atoms with Crippen LogP contribution in [0.4, 0.5) is 0 Å².